The van der Waals surface area contributed by atoms with Gasteiger partial charge in [0.15, 0.2) is 11.5 Å². The van der Waals surface area contributed by atoms with E-state index in [0.29, 0.717) is 5.75 Å². The van der Waals surface area contributed by atoms with Crippen LogP contribution < -0.4 is 4.74 Å². The first kappa shape index (κ1) is 16.6. The number of rotatable bonds is 5. The molecule has 1 N–H and O–H groups in total. The van der Waals surface area contributed by atoms with Crippen molar-refractivity contribution in [3.63, 3.8) is 0 Å². The number of aromatic hydroxyl groups is 1. The molecule has 0 saturated carbocycles. The minimum Gasteiger partial charge on any atom is -0.504 e. The summed E-state index contributed by atoms with van der Waals surface area (Å²) >= 11 is 0. The molecule has 0 unspecified atom stereocenters. The van der Waals surface area contributed by atoms with Crippen molar-refractivity contribution < 1.29 is 19.4 Å². The molecule has 4 heteroatoms. The van der Waals surface area contributed by atoms with Crippen LogP contribution in [0.2, 0.25) is 0 Å². The van der Waals surface area contributed by atoms with Crippen molar-refractivity contribution in [1.29, 1.82) is 0 Å². The van der Waals surface area contributed by atoms with E-state index >= 15 is 0 Å². The molecule has 0 spiro atoms. The lowest BCUT2D eigenvalue weighted by molar-refractivity contribution is 0.0526. The van der Waals surface area contributed by atoms with E-state index < -0.39 is 5.97 Å². The summed E-state index contributed by atoms with van der Waals surface area (Å²) in [6.45, 7) is 2.01. The third-order valence-corrected chi connectivity index (χ3v) is 3.66. The molecular formula is C21H18O4. The highest BCUT2D eigenvalue weighted by molar-refractivity contribution is 5.90. The number of ether oxygens (including phenoxy) is 2. The number of carbonyl (C=O) groups is 1. The lowest BCUT2D eigenvalue weighted by atomic mass is 10.1. The molecule has 0 aliphatic rings. The summed E-state index contributed by atoms with van der Waals surface area (Å²) in [4.78, 5) is 11.7. The van der Waals surface area contributed by atoms with Gasteiger partial charge in [0.25, 0.3) is 0 Å². The summed E-state index contributed by atoms with van der Waals surface area (Å²) in [7, 11) is 0. The summed E-state index contributed by atoms with van der Waals surface area (Å²) in [5.41, 5.74) is 2.48. The summed E-state index contributed by atoms with van der Waals surface area (Å²) in [5.74, 6) is 0.286. The second-order valence-electron chi connectivity index (χ2n) is 5.40. The number of hydrogen-bond donors (Lipinski definition) is 1. The Kier molecular flexibility index (Phi) is 5.00. The van der Waals surface area contributed by atoms with Crippen molar-refractivity contribution in [3.05, 3.63) is 78.4 Å². The zero-order chi connectivity index (χ0) is 17.6. The van der Waals surface area contributed by atoms with Crippen LogP contribution in [-0.2, 0) is 4.74 Å². The second kappa shape index (κ2) is 7.53. The van der Waals surface area contributed by atoms with Gasteiger partial charge in [-0.3, -0.25) is 0 Å². The molecule has 0 aliphatic carbocycles. The van der Waals surface area contributed by atoms with E-state index in [1.807, 2.05) is 54.6 Å². The number of phenols is 1. The van der Waals surface area contributed by atoms with E-state index in [4.69, 9.17) is 9.47 Å². The number of benzene rings is 3. The Hall–Kier alpha value is -3.27. The van der Waals surface area contributed by atoms with Crippen molar-refractivity contribution in [1.82, 2.24) is 0 Å². The molecule has 0 radical (unpaired) electrons. The SMILES string of the molecule is CCOC(=O)c1ccc(Oc2ccc(-c3ccccc3)cc2)c(O)c1. The van der Waals surface area contributed by atoms with E-state index in [1.54, 1.807) is 19.1 Å². The Morgan fingerprint density at radius 2 is 1.60 bits per heavy atom. The molecule has 3 rings (SSSR count). The van der Waals surface area contributed by atoms with E-state index in [-0.39, 0.29) is 23.7 Å². The second-order valence-corrected chi connectivity index (χ2v) is 5.40. The molecule has 3 aromatic rings. The van der Waals surface area contributed by atoms with Crippen LogP contribution in [0, 0.1) is 0 Å². The van der Waals surface area contributed by atoms with Crippen LogP contribution in [0.15, 0.2) is 72.8 Å². The number of carbonyl (C=O) groups excluding carboxylic acids is 1. The largest absolute Gasteiger partial charge is 0.504 e. The first-order chi connectivity index (χ1) is 12.2. The van der Waals surface area contributed by atoms with Crippen LogP contribution in [0.3, 0.4) is 0 Å². The van der Waals surface area contributed by atoms with E-state index in [2.05, 4.69) is 0 Å². The lowest BCUT2D eigenvalue weighted by Gasteiger charge is -2.10. The summed E-state index contributed by atoms with van der Waals surface area (Å²) in [5, 5.41) is 10.1. The van der Waals surface area contributed by atoms with Gasteiger partial charge >= 0.3 is 5.97 Å². The van der Waals surface area contributed by atoms with Crippen LogP contribution in [0.4, 0.5) is 0 Å². The maximum absolute atomic E-state index is 11.7. The molecular weight excluding hydrogens is 316 g/mol. The highest BCUT2D eigenvalue weighted by atomic mass is 16.5. The van der Waals surface area contributed by atoms with E-state index in [9.17, 15) is 9.90 Å². The highest BCUT2D eigenvalue weighted by Crippen LogP contribution is 2.32. The molecule has 0 aromatic heterocycles. The van der Waals surface area contributed by atoms with Crippen molar-refractivity contribution in [3.8, 4) is 28.4 Å². The molecule has 126 valence electrons. The monoisotopic (exact) mass is 334 g/mol. The molecule has 0 bridgehead atoms. The fourth-order valence-electron chi connectivity index (χ4n) is 2.42. The minimum atomic E-state index is -0.475. The third-order valence-electron chi connectivity index (χ3n) is 3.66. The van der Waals surface area contributed by atoms with Crippen molar-refractivity contribution in [2.45, 2.75) is 6.92 Å². The first-order valence-electron chi connectivity index (χ1n) is 8.01. The third kappa shape index (κ3) is 3.98. The molecule has 3 aromatic carbocycles. The summed E-state index contributed by atoms with van der Waals surface area (Å²) in [6.07, 6.45) is 0. The average molecular weight is 334 g/mol. The highest BCUT2D eigenvalue weighted by Gasteiger charge is 2.11. The van der Waals surface area contributed by atoms with Crippen molar-refractivity contribution >= 4 is 5.97 Å². The quantitative estimate of drug-likeness (QED) is 0.665. The van der Waals surface area contributed by atoms with Gasteiger partial charge in [-0.2, -0.15) is 0 Å². The van der Waals surface area contributed by atoms with Gasteiger partial charge < -0.3 is 14.6 Å². The summed E-state index contributed by atoms with van der Waals surface area (Å²) in [6, 6.07) is 22.1. The Morgan fingerprint density at radius 1 is 0.920 bits per heavy atom. The zero-order valence-corrected chi connectivity index (χ0v) is 13.8. The van der Waals surface area contributed by atoms with Gasteiger partial charge in [-0.1, -0.05) is 42.5 Å². The van der Waals surface area contributed by atoms with Crippen LogP contribution in [0.25, 0.3) is 11.1 Å². The molecule has 0 aliphatic heterocycles. The number of hydrogen-bond acceptors (Lipinski definition) is 4. The van der Waals surface area contributed by atoms with Gasteiger partial charge in [0.2, 0.25) is 0 Å². The lowest BCUT2D eigenvalue weighted by Crippen LogP contribution is -2.04. The van der Waals surface area contributed by atoms with Crippen LogP contribution in [-0.4, -0.2) is 17.7 Å². The van der Waals surface area contributed by atoms with Gasteiger partial charge in [-0.05, 0) is 48.4 Å². The number of esters is 1. The minimum absolute atomic E-state index is 0.113. The molecule has 0 atom stereocenters. The van der Waals surface area contributed by atoms with Crippen LogP contribution in [0.5, 0.6) is 17.2 Å². The fourth-order valence-corrected chi connectivity index (χ4v) is 2.42. The van der Waals surface area contributed by atoms with Crippen molar-refractivity contribution in [2.24, 2.45) is 0 Å². The Balaban J connectivity index is 1.75. The first-order valence-corrected chi connectivity index (χ1v) is 8.01. The fraction of sp³-hybridized carbons (Fsp3) is 0.0952. The predicted octanol–water partition coefficient (Wildman–Crippen LogP) is 5.03. The smallest absolute Gasteiger partial charge is 0.338 e. The average Bonchev–Trinajstić information content (AvgIpc) is 2.65. The van der Waals surface area contributed by atoms with Crippen LogP contribution >= 0.6 is 0 Å². The Labute approximate surface area is 146 Å². The Bertz CT molecular complexity index is 855. The normalized spacial score (nSPS) is 10.3. The van der Waals surface area contributed by atoms with Gasteiger partial charge in [0.05, 0.1) is 12.2 Å². The molecule has 25 heavy (non-hydrogen) atoms. The molecule has 0 fully saturated rings. The standard InChI is InChI=1S/C21H18O4/c1-2-24-21(23)17-10-13-20(19(22)14-17)25-18-11-8-16(9-12-18)15-6-4-3-5-7-15/h3-14,22H,2H2,1H3. The van der Waals surface area contributed by atoms with E-state index in [1.165, 1.54) is 6.07 Å². The molecule has 0 amide bonds. The van der Waals surface area contributed by atoms with Gasteiger partial charge in [0.1, 0.15) is 5.75 Å². The molecule has 0 saturated heterocycles. The van der Waals surface area contributed by atoms with Crippen molar-refractivity contribution in [2.75, 3.05) is 6.61 Å². The predicted molar refractivity (Wildman–Crippen MR) is 96.0 cm³/mol. The van der Waals surface area contributed by atoms with E-state index in [0.717, 1.165) is 11.1 Å². The molecule has 0 heterocycles. The molecule has 4 nitrogen and oxygen atoms in total. The Morgan fingerprint density at radius 3 is 2.24 bits per heavy atom. The maximum Gasteiger partial charge on any atom is 0.338 e. The maximum atomic E-state index is 11.7. The van der Waals surface area contributed by atoms with Gasteiger partial charge in [-0.25, -0.2) is 4.79 Å². The van der Waals surface area contributed by atoms with Gasteiger partial charge in [-0.15, -0.1) is 0 Å². The van der Waals surface area contributed by atoms with Crippen LogP contribution in [0.1, 0.15) is 17.3 Å². The summed E-state index contributed by atoms with van der Waals surface area (Å²) < 4.78 is 10.6. The zero-order valence-electron chi connectivity index (χ0n) is 13.8. The topological polar surface area (TPSA) is 55.8 Å². The number of phenolic OH excluding ortho intramolecular Hbond substituents is 1. The van der Waals surface area contributed by atoms with Gasteiger partial charge in [0, 0.05) is 0 Å².